The maximum atomic E-state index is 12.2. The highest BCUT2D eigenvalue weighted by molar-refractivity contribution is 7.03. The van der Waals surface area contributed by atoms with Crippen LogP contribution in [0.15, 0.2) is 23.7 Å². The molecule has 0 aliphatic heterocycles. The molecular formula is C9H7F3N4S. The van der Waals surface area contributed by atoms with E-state index in [1.54, 1.807) is 5.38 Å². The number of nitrogens with one attached hydrogen (secondary N) is 1. The summed E-state index contributed by atoms with van der Waals surface area (Å²) in [6.07, 6.45) is -3.26. The van der Waals surface area contributed by atoms with Crippen LogP contribution < -0.4 is 5.32 Å². The average molecular weight is 260 g/mol. The number of alkyl halides is 3. The van der Waals surface area contributed by atoms with Gasteiger partial charge in [-0.25, -0.2) is 4.98 Å². The molecule has 17 heavy (non-hydrogen) atoms. The molecule has 0 aliphatic carbocycles. The first-order valence-corrected chi connectivity index (χ1v) is 5.42. The maximum absolute atomic E-state index is 12.2. The standard InChI is InChI=1S/C9H7F3N4S/c10-9(11,12)8-2-1-6(3-14-8)13-4-7-5-17-16-15-7/h1-3,5,13H,4H2. The molecule has 2 heterocycles. The van der Waals surface area contributed by atoms with Gasteiger partial charge in [-0.2, -0.15) is 13.2 Å². The first-order valence-electron chi connectivity index (χ1n) is 4.59. The minimum absolute atomic E-state index is 0.406. The molecule has 0 aromatic carbocycles. The Balaban J connectivity index is 1.99. The predicted octanol–water partition coefficient (Wildman–Crippen LogP) is 2.56. The summed E-state index contributed by atoms with van der Waals surface area (Å²) >= 11 is 1.22. The number of nitrogens with zero attached hydrogens (tertiary/aromatic N) is 3. The van der Waals surface area contributed by atoms with Gasteiger partial charge in [0.15, 0.2) is 0 Å². The average Bonchev–Trinajstić information content (AvgIpc) is 2.78. The highest BCUT2D eigenvalue weighted by Gasteiger charge is 2.31. The van der Waals surface area contributed by atoms with Crippen LogP contribution in [0.1, 0.15) is 11.4 Å². The number of aromatic nitrogens is 3. The molecule has 0 unspecified atom stereocenters. The molecule has 1 N–H and O–H groups in total. The van der Waals surface area contributed by atoms with Gasteiger partial charge >= 0.3 is 6.18 Å². The molecule has 90 valence electrons. The van der Waals surface area contributed by atoms with Crippen molar-refractivity contribution in [1.29, 1.82) is 0 Å². The summed E-state index contributed by atoms with van der Waals surface area (Å²) in [6.45, 7) is 0.406. The molecule has 0 saturated heterocycles. The maximum Gasteiger partial charge on any atom is 0.433 e. The van der Waals surface area contributed by atoms with Gasteiger partial charge in [0, 0.05) is 5.38 Å². The number of halogens is 3. The van der Waals surface area contributed by atoms with Crippen molar-refractivity contribution in [1.82, 2.24) is 14.6 Å². The molecule has 2 rings (SSSR count). The SMILES string of the molecule is FC(F)(F)c1ccc(NCc2csnn2)cn1. The van der Waals surface area contributed by atoms with Crippen LogP contribution in [0.2, 0.25) is 0 Å². The van der Waals surface area contributed by atoms with Gasteiger partial charge in [0.05, 0.1) is 24.1 Å². The Bertz CT molecular complexity index is 466. The van der Waals surface area contributed by atoms with E-state index >= 15 is 0 Å². The van der Waals surface area contributed by atoms with E-state index in [2.05, 4.69) is 19.9 Å². The molecule has 0 saturated carbocycles. The summed E-state index contributed by atoms with van der Waals surface area (Å²) in [4.78, 5) is 3.33. The molecule has 0 bridgehead atoms. The monoisotopic (exact) mass is 260 g/mol. The summed E-state index contributed by atoms with van der Waals surface area (Å²) in [7, 11) is 0. The number of rotatable bonds is 3. The van der Waals surface area contributed by atoms with E-state index in [-0.39, 0.29) is 0 Å². The highest BCUT2D eigenvalue weighted by atomic mass is 32.1. The minimum atomic E-state index is -4.41. The molecule has 0 atom stereocenters. The zero-order valence-electron chi connectivity index (χ0n) is 8.40. The number of hydrogen-bond donors (Lipinski definition) is 1. The first-order chi connectivity index (χ1) is 8.05. The summed E-state index contributed by atoms with van der Waals surface area (Å²) < 4.78 is 40.4. The van der Waals surface area contributed by atoms with Crippen molar-refractivity contribution >= 4 is 17.2 Å². The Morgan fingerprint density at radius 3 is 2.65 bits per heavy atom. The van der Waals surface area contributed by atoms with Crippen LogP contribution in [0.25, 0.3) is 0 Å². The molecule has 0 aliphatic rings. The van der Waals surface area contributed by atoms with Gasteiger partial charge in [-0.3, -0.25) is 0 Å². The molecule has 2 aromatic heterocycles. The van der Waals surface area contributed by atoms with Crippen molar-refractivity contribution in [3.63, 3.8) is 0 Å². The van der Waals surface area contributed by atoms with Crippen molar-refractivity contribution in [2.24, 2.45) is 0 Å². The Kier molecular flexibility index (Phi) is 3.23. The zero-order chi connectivity index (χ0) is 12.3. The largest absolute Gasteiger partial charge is 0.433 e. The van der Waals surface area contributed by atoms with E-state index in [1.165, 1.54) is 17.6 Å². The number of pyridine rings is 1. The number of hydrogen-bond acceptors (Lipinski definition) is 5. The molecule has 2 aromatic rings. The van der Waals surface area contributed by atoms with E-state index in [4.69, 9.17) is 0 Å². The Labute approximate surface area is 98.7 Å². The van der Waals surface area contributed by atoms with Gasteiger partial charge in [-0.05, 0) is 23.7 Å². The Morgan fingerprint density at radius 1 is 1.29 bits per heavy atom. The van der Waals surface area contributed by atoms with Gasteiger partial charge in [0.25, 0.3) is 0 Å². The first kappa shape index (κ1) is 11.8. The third kappa shape index (κ3) is 3.13. The smallest absolute Gasteiger partial charge is 0.378 e. The lowest BCUT2D eigenvalue weighted by molar-refractivity contribution is -0.141. The fourth-order valence-electron chi connectivity index (χ4n) is 1.12. The van der Waals surface area contributed by atoms with E-state index in [9.17, 15) is 13.2 Å². The second-order valence-corrected chi connectivity index (χ2v) is 3.79. The third-order valence-corrected chi connectivity index (χ3v) is 2.49. The van der Waals surface area contributed by atoms with Gasteiger partial charge in [-0.1, -0.05) is 4.49 Å². The molecule has 4 nitrogen and oxygen atoms in total. The molecule has 0 fully saturated rings. The van der Waals surface area contributed by atoms with Crippen molar-refractivity contribution < 1.29 is 13.2 Å². The van der Waals surface area contributed by atoms with E-state index in [0.29, 0.717) is 12.2 Å². The van der Waals surface area contributed by atoms with Gasteiger partial charge in [0.2, 0.25) is 0 Å². The quantitative estimate of drug-likeness (QED) is 0.921. The molecule has 0 amide bonds. The zero-order valence-corrected chi connectivity index (χ0v) is 9.22. The second kappa shape index (κ2) is 4.66. The molecule has 0 spiro atoms. The molecule has 0 radical (unpaired) electrons. The Morgan fingerprint density at radius 2 is 2.12 bits per heavy atom. The van der Waals surface area contributed by atoms with Crippen molar-refractivity contribution in [3.8, 4) is 0 Å². The van der Waals surface area contributed by atoms with Crippen LogP contribution in [-0.4, -0.2) is 14.6 Å². The summed E-state index contributed by atoms with van der Waals surface area (Å²) in [5.41, 5.74) is 0.333. The van der Waals surface area contributed by atoms with Gasteiger partial charge in [0.1, 0.15) is 5.69 Å². The van der Waals surface area contributed by atoms with Crippen LogP contribution in [-0.2, 0) is 12.7 Å². The van der Waals surface area contributed by atoms with Gasteiger partial charge in [-0.15, -0.1) is 5.10 Å². The van der Waals surface area contributed by atoms with E-state index < -0.39 is 11.9 Å². The fraction of sp³-hybridized carbons (Fsp3) is 0.222. The van der Waals surface area contributed by atoms with Gasteiger partial charge < -0.3 is 5.32 Å². The molecule has 8 heteroatoms. The minimum Gasteiger partial charge on any atom is -0.378 e. The third-order valence-electron chi connectivity index (χ3n) is 1.93. The normalized spacial score (nSPS) is 11.5. The lowest BCUT2D eigenvalue weighted by atomic mass is 10.3. The molecular weight excluding hydrogens is 253 g/mol. The van der Waals surface area contributed by atoms with Crippen LogP contribution in [0, 0.1) is 0 Å². The van der Waals surface area contributed by atoms with Crippen molar-refractivity contribution in [2.75, 3.05) is 5.32 Å². The topological polar surface area (TPSA) is 50.7 Å². The fourth-order valence-corrected chi connectivity index (χ4v) is 1.57. The van der Waals surface area contributed by atoms with Crippen molar-refractivity contribution in [2.45, 2.75) is 12.7 Å². The summed E-state index contributed by atoms with van der Waals surface area (Å²) in [6, 6.07) is 2.26. The van der Waals surface area contributed by atoms with Crippen LogP contribution in [0.3, 0.4) is 0 Å². The van der Waals surface area contributed by atoms with Crippen LogP contribution in [0.4, 0.5) is 18.9 Å². The van der Waals surface area contributed by atoms with E-state index in [0.717, 1.165) is 18.0 Å². The van der Waals surface area contributed by atoms with Crippen molar-refractivity contribution in [3.05, 3.63) is 35.1 Å². The lowest BCUT2D eigenvalue weighted by Gasteiger charge is -2.07. The Hall–Kier alpha value is -1.70. The van der Waals surface area contributed by atoms with Crippen LogP contribution >= 0.6 is 11.5 Å². The highest BCUT2D eigenvalue weighted by Crippen LogP contribution is 2.27. The van der Waals surface area contributed by atoms with E-state index in [1.807, 2.05) is 0 Å². The summed E-state index contributed by atoms with van der Waals surface area (Å²) in [5, 5.41) is 8.45. The summed E-state index contributed by atoms with van der Waals surface area (Å²) in [5.74, 6) is 0. The second-order valence-electron chi connectivity index (χ2n) is 3.18. The predicted molar refractivity (Wildman–Crippen MR) is 56.5 cm³/mol. The lowest BCUT2D eigenvalue weighted by Crippen LogP contribution is -2.08. The number of anilines is 1. The van der Waals surface area contributed by atoms with Crippen LogP contribution in [0.5, 0.6) is 0 Å².